The van der Waals surface area contributed by atoms with Gasteiger partial charge in [0.25, 0.3) is 0 Å². The number of nitrogens with two attached hydrogens (primary N) is 1. The van der Waals surface area contributed by atoms with Crippen LogP contribution >= 0.6 is 0 Å². The second kappa shape index (κ2) is 4.83. The van der Waals surface area contributed by atoms with E-state index in [1.54, 1.807) is 0 Å². The van der Waals surface area contributed by atoms with Crippen LogP contribution in [0.5, 0.6) is 0 Å². The first-order valence-electron chi connectivity index (χ1n) is 8.20. The van der Waals surface area contributed by atoms with Crippen LogP contribution in [0.4, 0.5) is 0 Å². The normalized spacial score (nSPS) is 38.2. The Morgan fingerprint density at radius 2 is 2.38 bits per heavy atom. The second-order valence-corrected chi connectivity index (χ2v) is 7.25. The number of imidazole rings is 1. The molecule has 0 aromatic carbocycles. The quantitative estimate of drug-likeness (QED) is 0.874. The molecule has 5 heteroatoms. The van der Waals surface area contributed by atoms with E-state index in [1.807, 2.05) is 12.5 Å². The summed E-state index contributed by atoms with van der Waals surface area (Å²) in [5.41, 5.74) is 7.12. The highest BCUT2D eigenvalue weighted by Gasteiger charge is 2.56. The molecule has 1 aliphatic carbocycles. The molecular weight excluding hydrogens is 264 g/mol. The Balaban J connectivity index is 1.36. The summed E-state index contributed by atoms with van der Waals surface area (Å²) in [7, 11) is 0. The fourth-order valence-electron chi connectivity index (χ4n) is 4.55. The maximum absolute atomic E-state index is 11.5. The zero-order valence-electron chi connectivity index (χ0n) is 12.4. The average molecular weight is 288 g/mol. The first kappa shape index (κ1) is 13.3. The van der Waals surface area contributed by atoms with Gasteiger partial charge in [0.05, 0.1) is 6.33 Å². The number of hydrogen-bond acceptors (Lipinski definition) is 3. The zero-order chi connectivity index (χ0) is 14.4. The Morgan fingerprint density at radius 1 is 1.48 bits per heavy atom. The SMILES string of the molecule is NC(=O)C1CCNC2(C1)CC2C[C@H]1CCn2cncc2C1. The number of nitrogens with zero attached hydrogens (tertiary/aromatic N) is 2. The van der Waals surface area contributed by atoms with Gasteiger partial charge in [-0.3, -0.25) is 4.79 Å². The fraction of sp³-hybridized carbons (Fsp3) is 0.750. The summed E-state index contributed by atoms with van der Waals surface area (Å²) in [5.74, 6) is 1.49. The van der Waals surface area contributed by atoms with Gasteiger partial charge in [0.1, 0.15) is 0 Å². The summed E-state index contributed by atoms with van der Waals surface area (Å²) >= 11 is 0. The number of aryl methyl sites for hydroxylation is 1. The number of nitrogens with one attached hydrogen (secondary N) is 1. The van der Waals surface area contributed by atoms with Crippen molar-refractivity contribution in [2.45, 2.75) is 50.6 Å². The van der Waals surface area contributed by atoms with Gasteiger partial charge in [0.2, 0.25) is 5.91 Å². The molecule has 5 nitrogen and oxygen atoms in total. The van der Waals surface area contributed by atoms with E-state index in [4.69, 9.17) is 5.73 Å². The standard InChI is InChI=1S/C16H24N4O/c17-15(21)12-1-3-19-16(7-12)8-13(16)5-11-2-4-20-10-18-9-14(20)6-11/h9-13,19H,1-8H2,(H2,17,21)/t11-,12?,13?,16?/m1/s1. The van der Waals surface area contributed by atoms with Gasteiger partial charge in [-0.15, -0.1) is 0 Å². The van der Waals surface area contributed by atoms with E-state index in [1.165, 1.54) is 25.0 Å². The minimum Gasteiger partial charge on any atom is -0.369 e. The van der Waals surface area contributed by atoms with Crippen LogP contribution < -0.4 is 11.1 Å². The molecule has 4 rings (SSSR count). The predicted octanol–water partition coefficient (Wildman–Crippen LogP) is 1.08. The minimum absolute atomic E-state index is 0.0871. The highest BCUT2D eigenvalue weighted by molar-refractivity contribution is 5.77. The Kier molecular flexibility index (Phi) is 3.06. The first-order valence-corrected chi connectivity index (χ1v) is 8.20. The van der Waals surface area contributed by atoms with E-state index in [0.717, 1.165) is 44.2 Å². The fourth-order valence-corrected chi connectivity index (χ4v) is 4.55. The zero-order valence-corrected chi connectivity index (χ0v) is 12.4. The lowest BCUT2D eigenvalue weighted by Crippen LogP contribution is -2.45. The number of piperidine rings is 1. The van der Waals surface area contributed by atoms with Crippen LogP contribution in [0.1, 0.15) is 37.8 Å². The molecule has 0 radical (unpaired) electrons. The molecule has 4 atom stereocenters. The summed E-state index contributed by atoms with van der Waals surface area (Å²) in [4.78, 5) is 15.7. The molecule has 1 aromatic heterocycles. The van der Waals surface area contributed by atoms with Crippen molar-refractivity contribution >= 4 is 5.91 Å². The van der Waals surface area contributed by atoms with Crippen molar-refractivity contribution in [3.8, 4) is 0 Å². The molecule has 1 saturated heterocycles. The number of fused-ring (bicyclic) bond motifs is 1. The lowest BCUT2D eigenvalue weighted by Gasteiger charge is -2.31. The summed E-state index contributed by atoms with van der Waals surface area (Å²) in [6, 6.07) is 0. The van der Waals surface area contributed by atoms with E-state index in [2.05, 4.69) is 14.9 Å². The average Bonchev–Trinajstić information content (AvgIpc) is 2.92. The third kappa shape index (κ3) is 2.37. The molecule has 3 heterocycles. The van der Waals surface area contributed by atoms with Gasteiger partial charge in [-0.2, -0.15) is 0 Å². The highest BCUT2D eigenvalue weighted by atomic mass is 16.1. The molecule has 1 aromatic rings. The van der Waals surface area contributed by atoms with Gasteiger partial charge in [-0.1, -0.05) is 0 Å². The van der Waals surface area contributed by atoms with Crippen molar-refractivity contribution in [3.63, 3.8) is 0 Å². The maximum Gasteiger partial charge on any atom is 0.220 e. The summed E-state index contributed by atoms with van der Waals surface area (Å²) in [6.07, 6.45) is 10.8. The molecule has 21 heavy (non-hydrogen) atoms. The number of carbonyl (C=O) groups excluding carboxylic acids is 1. The predicted molar refractivity (Wildman–Crippen MR) is 79.4 cm³/mol. The van der Waals surface area contributed by atoms with Gasteiger partial charge in [0.15, 0.2) is 0 Å². The van der Waals surface area contributed by atoms with Crippen molar-refractivity contribution in [3.05, 3.63) is 18.2 Å². The van der Waals surface area contributed by atoms with Gasteiger partial charge < -0.3 is 15.6 Å². The largest absolute Gasteiger partial charge is 0.369 e. The molecule has 0 bridgehead atoms. The molecule has 3 unspecified atom stereocenters. The van der Waals surface area contributed by atoms with Crippen molar-refractivity contribution in [1.29, 1.82) is 0 Å². The van der Waals surface area contributed by atoms with Crippen molar-refractivity contribution in [2.75, 3.05) is 6.54 Å². The number of rotatable bonds is 3. The Labute approximate surface area is 125 Å². The van der Waals surface area contributed by atoms with Crippen LogP contribution in [0.15, 0.2) is 12.5 Å². The first-order chi connectivity index (χ1) is 10.2. The van der Waals surface area contributed by atoms with Crippen molar-refractivity contribution in [2.24, 2.45) is 23.5 Å². The Hall–Kier alpha value is -1.36. The molecule has 2 aliphatic heterocycles. The monoisotopic (exact) mass is 288 g/mol. The van der Waals surface area contributed by atoms with Crippen LogP contribution in [-0.2, 0) is 17.8 Å². The smallest absolute Gasteiger partial charge is 0.220 e. The van der Waals surface area contributed by atoms with Gasteiger partial charge in [-0.05, 0) is 56.9 Å². The Morgan fingerprint density at radius 3 is 3.24 bits per heavy atom. The lowest BCUT2D eigenvalue weighted by atomic mass is 9.85. The molecule has 114 valence electrons. The summed E-state index contributed by atoms with van der Waals surface area (Å²) < 4.78 is 2.28. The third-order valence-electron chi connectivity index (χ3n) is 5.91. The number of carbonyl (C=O) groups is 1. The van der Waals surface area contributed by atoms with Crippen LogP contribution in [0, 0.1) is 17.8 Å². The van der Waals surface area contributed by atoms with Gasteiger partial charge >= 0.3 is 0 Å². The number of primary amides is 1. The van der Waals surface area contributed by atoms with Gasteiger partial charge in [0, 0.05) is 29.9 Å². The summed E-state index contributed by atoms with van der Waals surface area (Å²) in [5, 5.41) is 3.68. The lowest BCUT2D eigenvalue weighted by molar-refractivity contribution is -0.123. The van der Waals surface area contributed by atoms with Crippen molar-refractivity contribution in [1.82, 2.24) is 14.9 Å². The highest BCUT2D eigenvalue weighted by Crippen LogP contribution is 2.53. The maximum atomic E-state index is 11.5. The second-order valence-electron chi connectivity index (χ2n) is 7.25. The summed E-state index contributed by atoms with van der Waals surface area (Å²) in [6.45, 7) is 2.05. The minimum atomic E-state index is -0.108. The third-order valence-corrected chi connectivity index (χ3v) is 5.91. The van der Waals surface area contributed by atoms with E-state index < -0.39 is 0 Å². The molecule has 3 aliphatic rings. The number of amides is 1. The molecule has 1 amide bonds. The topological polar surface area (TPSA) is 72.9 Å². The Bertz CT molecular complexity index is 554. The molecule has 3 N–H and O–H groups in total. The van der Waals surface area contributed by atoms with E-state index in [-0.39, 0.29) is 17.4 Å². The van der Waals surface area contributed by atoms with Crippen LogP contribution in [0.2, 0.25) is 0 Å². The molecule has 2 fully saturated rings. The molecule has 1 spiro atoms. The van der Waals surface area contributed by atoms with Crippen LogP contribution in [0.3, 0.4) is 0 Å². The van der Waals surface area contributed by atoms with Gasteiger partial charge in [-0.25, -0.2) is 4.98 Å². The molecule has 1 saturated carbocycles. The number of aromatic nitrogens is 2. The molecular formula is C16H24N4O. The number of hydrogen-bond donors (Lipinski definition) is 2. The van der Waals surface area contributed by atoms with E-state index in [9.17, 15) is 4.79 Å². The van der Waals surface area contributed by atoms with Crippen LogP contribution in [-0.4, -0.2) is 27.5 Å². The van der Waals surface area contributed by atoms with Crippen molar-refractivity contribution < 1.29 is 4.79 Å². The van der Waals surface area contributed by atoms with Crippen LogP contribution in [0.25, 0.3) is 0 Å². The van der Waals surface area contributed by atoms with E-state index in [0.29, 0.717) is 0 Å². The van der Waals surface area contributed by atoms with E-state index >= 15 is 0 Å².